The predicted molar refractivity (Wildman–Crippen MR) is 68.8 cm³/mol. The first-order chi connectivity index (χ1) is 8.06. The number of hydrogen-bond donors (Lipinski definition) is 3. The monoisotopic (exact) mass is 240 g/mol. The molecule has 0 aliphatic rings. The molecule has 1 aromatic heterocycles. The van der Waals surface area contributed by atoms with Crippen molar-refractivity contribution in [1.29, 1.82) is 0 Å². The second-order valence-corrected chi connectivity index (χ2v) is 4.60. The van der Waals surface area contributed by atoms with Gasteiger partial charge in [-0.15, -0.1) is 0 Å². The summed E-state index contributed by atoms with van der Waals surface area (Å²) < 4.78 is 5.69. The van der Waals surface area contributed by atoms with Gasteiger partial charge in [0.2, 0.25) is 0 Å². The van der Waals surface area contributed by atoms with Gasteiger partial charge in [0.25, 0.3) is 0 Å². The van der Waals surface area contributed by atoms with Crippen molar-refractivity contribution in [1.82, 2.24) is 5.32 Å². The van der Waals surface area contributed by atoms with Crippen LogP contribution in [-0.4, -0.2) is 23.8 Å². The number of hydrogen-bond acceptors (Lipinski definition) is 4. The maximum Gasteiger partial charge on any atom is 0.122 e. The lowest BCUT2D eigenvalue weighted by Gasteiger charge is -2.21. The van der Waals surface area contributed by atoms with Gasteiger partial charge >= 0.3 is 0 Å². The number of furan rings is 1. The number of rotatable bonds is 7. The van der Waals surface area contributed by atoms with E-state index in [1.165, 1.54) is 0 Å². The van der Waals surface area contributed by atoms with Crippen LogP contribution in [0, 0.1) is 0 Å². The van der Waals surface area contributed by atoms with E-state index in [2.05, 4.69) is 12.2 Å². The van der Waals surface area contributed by atoms with Gasteiger partial charge in [0, 0.05) is 19.0 Å². The van der Waals surface area contributed by atoms with Crippen LogP contribution in [0.4, 0.5) is 0 Å². The van der Waals surface area contributed by atoms with Crippen molar-refractivity contribution in [3.8, 4) is 0 Å². The summed E-state index contributed by atoms with van der Waals surface area (Å²) in [6, 6.07) is 4.18. The minimum atomic E-state index is -0.307. The molecule has 3 atom stereocenters. The molecule has 1 rings (SSSR count). The van der Waals surface area contributed by atoms with E-state index < -0.39 is 0 Å². The van der Waals surface area contributed by atoms with Crippen LogP contribution in [0.5, 0.6) is 0 Å². The number of nitrogens with two attached hydrogens (primary N) is 1. The van der Waals surface area contributed by atoms with Crippen LogP contribution < -0.4 is 11.1 Å². The van der Waals surface area contributed by atoms with E-state index in [1.54, 1.807) is 6.92 Å². The summed E-state index contributed by atoms with van der Waals surface area (Å²) in [5.74, 6) is 1.85. The summed E-state index contributed by atoms with van der Waals surface area (Å²) in [6.45, 7) is 6.38. The molecule has 3 unspecified atom stereocenters. The molecule has 4 nitrogen and oxygen atoms in total. The number of aliphatic hydroxyl groups is 1. The first kappa shape index (κ1) is 14.2. The van der Waals surface area contributed by atoms with E-state index in [9.17, 15) is 5.11 Å². The Balaban J connectivity index is 2.58. The molecule has 4 N–H and O–H groups in total. The molecule has 4 heteroatoms. The third-order valence-electron chi connectivity index (χ3n) is 2.79. The number of aryl methyl sites for hydroxylation is 1. The van der Waals surface area contributed by atoms with Crippen molar-refractivity contribution in [2.24, 2.45) is 5.73 Å². The summed E-state index contributed by atoms with van der Waals surface area (Å²) >= 11 is 0. The Morgan fingerprint density at radius 3 is 2.59 bits per heavy atom. The molecule has 0 fully saturated rings. The molecule has 98 valence electrons. The minimum Gasteiger partial charge on any atom is -0.464 e. The fourth-order valence-electron chi connectivity index (χ4n) is 1.96. The normalized spacial score (nSPS) is 16.8. The van der Waals surface area contributed by atoms with Gasteiger partial charge in [-0.05, 0) is 32.4 Å². The van der Waals surface area contributed by atoms with Gasteiger partial charge in [0.15, 0.2) is 0 Å². The standard InChI is InChI=1S/C13H24N2O2/c1-4-11-5-6-13(17-11)12(8-14)15-9(2)7-10(3)16/h5-6,9-10,12,15-16H,4,7-8,14H2,1-3H3. The molecule has 0 amide bonds. The summed E-state index contributed by atoms with van der Waals surface area (Å²) in [6.07, 6.45) is 1.29. The summed E-state index contributed by atoms with van der Waals surface area (Å²) in [5, 5.41) is 12.7. The van der Waals surface area contributed by atoms with Crippen LogP contribution in [0.25, 0.3) is 0 Å². The van der Waals surface area contributed by atoms with Crippen molar-refractivity contribution in [2.45, 2.75) is 51.8 Å². The Bertz CT molecular complexity index is 323. The van der Waals surface area contributed by atoms with Crippen LogP contribution in [0.2, 0.25) is 0 Å². The van der Waals surface area contributed by atoms with Crippen LogP contribution in [0.3, 0.4) is 0 Å². The molecular formula is C13H24N2O2. The fraction of sp³-hybridized carbons (Fsp3) is 0.692. The average molecular weight is 240 g/mol. The maximum absolute atomic E-state index is 9.33. The Labute approximate surface area is 103 Å². The van der Waals surface area contributed by atoms with Gasteiger partial charge in [-0.3, -0.25) is 0 Å². The van der Waals surface area contributed by atoms with Crippen molar-refractivity contribution in [3.63, 3.8) is 0 Å². The third kappa shape index (κ3) is 4.50. The Morgan fingerprint density at radius 1 is 1.41 bits per heavy atom. The van der Waals surface area contributed by atoms with Gasteiger partial charge in [-0.25, -0.2) is 0 Å². The molecule has 0 saturated carbocycles. The molecule has 0 aliphatic carbocycles. The second-order valence-electron chi connectivity index (χ2n) is 4.60. The molecule has 0 saturated heterocycles. The van der Waals surface area contributed by atoms with Crippen molar-refractivity contribution >= 4 is 0 Å². The van der Waals surface area contributed by atoms with Crippen molar-refractivity contribution < 1.29 is 9.52 Å². The van der Waals surface area contributed by atoms with Gasteiger partial charge < -0.3 is 20.6 Å². The maximum atomic E-state index is 9.33. The fourth-order valence-corrected chi connectivity index (χ4v) is 1.96. The average Bonchev–Trinajstić information content (AvgIpc) is 2.73. The van der Waals surface area contributed by atoms with Crippen molar-refractivity contribution in [3.05, 3.63) is 23.7 Å². The summed E-state index contributed by atoms with van der Waals surface area (Å²) in [7, 11) is 0. The Hall–Kier alpha value is -0.840. The zero-order chi connectivity index (χ0) is 12.8. The third-order valence-corrected chi connectivity index (χ3v) is 2.79. The lowest BCUT2D eigenvalue weighted by atomic mass is 10.1. The Morgan fingerprint density at radius 2 is 2.12 bits per heavy atom. The largest absolute Gasteiger partial charge is 0.464 e. The topological polar surface area (TPSA) is 71.4 Å². The highest BCUT2D eigenvalue weighted by Gasteiger charge is 2.17. The van der Waals surface area contributed by atoms with Crippen LogP contribution >= 0.6 is 0 Å². The molecule has 17 heavy (non-hydrogen) atoms. The number of nitrogens with one attached hydrogen (secondary N) is 1. The Kier molecular flexibility index (Phi) is 5.68. The second kappa shape index (κ2) is 6.79. The van der Waals surface area contributed by atoms with E-state index >= 15 is 0 Å². The molecule has 0 radical (unpaired) electrons. The van der Waals surface area contributed by atoms with E-state index in [0.29, 0.717) is 13.0 Å². The van der Waals surface area contributed by atoms with E-state index in [4.69, 9.17) is 10.2 Å². The molecule has 0 bridgehead atoms. The zero-order valence-electron chi connectivity index (χ0n) is 10.9. The van der Waals surface area contributed by atoms with Crippen LogP contribution in [-0.2, 0) is 6.42 Å². The number of aliphatic hydroxyl groups excluding tert-OH is 1. The highest BCUT2D eigenvalue weighted by atomic mass is 16.3. The smallest absolute Gasteiger partial charge is 0.122 e. The van der Waals surface area contributed by atoms with Gasteiger partial charge in [0.1, 0.15) is 11.5 Å². The molecular weight excluding hydrogens is 216 g/mol. The van der Waals surface area contributed by atoms with Crippen LogP contribution in [0.1, 0.15) is 44.8 Å². The molecule has 0 aliphatic heterocycles. The first-order valence-electron chi connectivity index (χ1n) is 6.29. The molecule has 1 aromatic rings. The highest BCUT2D eigenvalue weighted by molar-refractivity contribution is 5.11. The lowest BCUT2D eigenvalue weighted by molar-refractivity contribution is 0.166. The van der Waals surface area contributed by atoms with Gasteiger partial charge in [0.05, 0.1) is 12.1 Å². The van der Waals surface area contributed by atoms with Crippen molar-refractivity contribution in [2.75, 3.05) is 6.54 Å². The van der Waals surface area contributed by atoms with Crippen LogP contribution in [0.15, 0.2) is 16.5 Å². The van der Waals surface area contributed by atoms with Gasteiger partial charge in [-0.2, -0.15) is 0 Å². The molecule has 0 aromatic carbocycles. The summed E-state index contributed by atoms with van der Waals surface area (Å²) in [4.78, 5) is 0. The molecule has 0 spiro atoms. The summed E-state index contributed by atoms with van der Waals surface area (Å²) in [5.41, 5.74) is 5.75. The first-order valence-corrected chi connectivity index (χ1v) is 6.29. The van der Waals surface area contributed by atoms with E-state index in [-0.39, 0.29) is 18.2 Å². The highest BCUT2D eigenvalue weighted by Crippen LogP contribution is 2.17. The predicted octanol–water partition coefficient (Wildman–Crippen LogP) is 1.59. The lowest BCUT2D eigenvalue weighted by Crippen LogP contribution is -2.36. The SMILES string of the molecule is CCc1ccc(C(CN)NC(C)CC(C)O)o1. The molecule has 1 heterocycles. The van der Waals surface area contributed by atoms with E-state index in [1.807, 2.05) is 19.1 Å². The van der Waals surface area contributed by atoms with E-state index in [0.717, 1.165) is 17.9 Å². The zero-order valence-corrected chi connectivity index (χ0v) is 10.9. The van der Waals surface area contributed by atoms with Gasteiger partial charge in [-0.1, -0.05) is 6.92 Å². The minimum absolute atomic E-state index is 0.0176. The quantitative estimate of drug-likeness (QED) is 0.677.